The molecular formula is C13H16BrNO. The molecule has 2 nitrogen and oxygen atoms in total. The summed E-state index contributed by atoms with van der Waals surface area (Å²) in [6, 6.07) is 8.17. The summed E-state index contributed by atoms with van der Waals surface area (Å²) in [5, 5.41) is 0. The summed E-state index contributed by atoms with van der Waals surface area (Å²) in [5.74, 6) is 0.201. The number of piperidine rings is 1. The molecule has 2 rings (SSSR count). The molecule has 1 unspecified atom stereocenters. The fourth-order valence-electron chi connectivity index (χ4n) is 2.14. The number of para-hydroxylation sites is 1. The Morgan fingerprint density at radius 3 is 2.94 bits per heavy atom. The molecule has 86 valence electrons. The Balaban J connectivity index is 2.32. The van der Waals surface area contributed by atoms with Crippen molar-refractivity contribution < 1.29 is 4.79 Å². The number of carbonyl (C=O) groups is 1. The van der Waals surface area contributed by atoms with Gasteiger partial charge in [-0.25, -0.2) is 0 Å². The number of carbonyl (C=O) groups excluding carboxylic acids is 1. The molecule has 16 heavy (non-hydrogen) atoms. The van der Waals surface area contributed by atoms with E-state index in [1.165, 1.54) is 5.56 Å². The first kappa shape index (κ1) is 11.6. The van der Waals surface area contributed by atoms with Crippen LogP contribution in [0.15, 0.2) is 24.3 Å². The Kier molecular flexibility index (Phi) is 3.64. The molecule has 1 amide bonds. The fourth-order valence-corrected chi connectivity index (χ4v) is 2.71. The molecule has 0 spiro atoms. The highest BCUT2D eigenvalue weighted by atomic mass is 79.9. The normalized spacial score (nSPS) is 21.2. The van der Waals surface area contributed by atoms with Crippen LogP contribution in [0, 0.1) is 0 Å². The van der Waals surface area contributed by atoms with Gasteiger partial charge in [0, 0.05) is 12.2 Å². The molecule has 1 aromatic rings. The van der Waals surface area contributed by atoms with Gasteiger partial charge in [0.2, 0.25) is 5.91 Å². The Labute approximate surface area is 105 Å². The summed E-state index contributed by atoms with van der Waals surface area (Å²) in [6.07, 6.45) is 2.98. The Morgan fingerprint density at radius 1 is 1.44 bits per heavy atom. The minimum absolute atomic E-state index is 0.00818. The van der Waals surface area contributed by atoms with Crippen LogP contribution in [0.1, 0.15) is 25.3 Å². The molecule has 0 saturated carbocycles. The van der Waals surface area contributed by atoms with Crippen LogP contribution in [0.4, 0.5) is 5.69 Å². The van der Waals surface area contributed by atoms with Gasteiger partial charge in [-0.15, -0.1) is 0 Å². The molecule has 0 N–H and O–H groups in total. The van der Waals surface area contributed by atoms with E-state index in [1.807, 2.05) is 23.1 Å². The number of benzene rings is 1. The molecule has 1 aliphatic rings. The highest BCUT2D eigenvalue weighted by Gasteiger charge is 2.28. The minimum Gasteiger partial charge on any atom is -0.311 e. The topological polar surface area (TPSA) is 20.3 Å². The van der Waals surface area contributed by atoms with E-state index in [0.717, 1.165) is 31.5 Å². The number of hydrogen-bond donors (Lipinski definition) is 0. The van der Waals surface area contributed by atoms with Crippen LogP contribution >= 0.6 is 15.9 Å². The lowest BCUT2D eigenvalue weighted by Crippen LogP contribution is -2.42. The van der Waals surface area contributed by atoms with E-state index in [2.05, 4.69) is 28.9 Å². The number of rotatable bonds is 2. The van der Waals surface area contributed by atoms with Crippen molar-refractivity contribution in [1.82, 2.24) is 0 Å². The van der Waals surface area contributed by atoms with Gasteiger partial charge in [0.05, 0.1) is 4.83 Å². The van der Waals surface area contributed by atoms with E-state index in [0.29, 0.717) is 0 Å². The smallest absolute Gasteiger partial charge is 0.240 e. The van der Waals surface area contributed by atoms with Crippen LogP contribution < -0.4 is 4.90 Å². The van der Waals surface area contributed by atoms with Crippen LogP contribution in [-0.2, 0) is 11.2 Å². The fraction of sp³-hybridized carbons (Fsp3) is 0.462. The zero-order valence-corrected chi connectivity index (χ0v) is 11.0. The maximum absolute atomic E-state index is 12.1. The average molecular weight is 282 g/mol. The summed E-state index contributed by atoms with van der Waals surface area (Å²) in [5.41, 5.74) is 2.33. The van der Waals surface area contributed by atoms with Gasteiger partial charge in [-0.2, -0.15) is 0 Å². The number of hydrogen-bond acceptors (Lipinski definition) is 1. The molecule has 1 fully saturated rings. The van der Waals surface area contributed by atoms with Gasteiger partial charge in [0.1, 0.15) is 0 Å². The third kappa shape index (κ3) is 2.14. The molecule has 0 radical (unpaired) electrons. The number of halogens is 1. The van der Waals surface area contributed by atoms with Crippen molar-refractivity contribution in [1.29, 1.82) is 0 Å². The molecule has 1 heterocycles. The molecule has 0 aliphatic carbocycles. The quantitative estimate of drug-likeness (QED) is 0.763. The van der Waals surface area contributed by atoms with Crippen molar-refractivity contribution >= 4 is 27.5 Å². The van der Waals surface area contributed by atoms with Crippen molar-refractivity contribution in [3.8, 4) is 0 Å². The third-order valence-electron chi connectivity index (χ3n) is 3.04. The Hall–Kier alpha value is -0.830. The summed E-state index contributed by atoms with van der Waals surface area (Å²) < 4.78 is 0. The van der Waals surface area contributed by atoms with E-state index >= 15 is 0 Å². The van der Waals surface area contributed by atoms with Crippen LogP contribution in [0.5, 0.6) is 0 Å². The van der Waals surface area contributed by atoms with Crippen LogP contribution in [0.3, 0.4) is 0 Å². The Bertz CT molecular complexity index is 391. The van der Waals surface area contributed by atoms with Gasteiger partial charge in [-0.1, -0.05) is 41.1 Å². The maximum Gasteiger partial charge on any atom is 0.240 e. The molecule has 3 heteroatoms. The van der Waals surface area contributed by atoms with E-state index in [-0.39, 0.29) is 10.7 Å². The Morgan fingerprint density at radius 2 is 2.19 bits per heavy atom. The van der Waals surface area contributed by atoms with Crippen LogP contribution in [-0.4, -0.2) is 17.3 Å². The van der Waals surface area contributed by atoms with Gasteiger partial charge >= 0.3 is 0 Å². The lowest BCUT2D eigenvalue weighted by atomic mass is 10.1. The first-order valence-electron chi connectivity index (χ1n) is 5.77. The number of anilines is 1. The zero-order valence-electron chi connectivity index (χ0n) is 9.45. The van der Waals surface area contributed by atoms with Gasteiger partial charge in [0.15, 0.2) is 0 Å². The summed E-state index contributed by atoms with van der Waals surface area (Å²) in [4.78, 5) is 14.0. The van der Waals surface area contributed by atoms with Crippen LogP contribution in [0.2, 0.25) is 0 Å². The number of amides is 1. The lowest BCUT2D eigenvalue weighted by molar-refractivity contribution is -0.118. The van der Waals surface area contributed by atoms with Crippen LogP contribution in [0.25, 0.3) is 0 Å². The summed E-state index contributed by atoms with van der Waals surface area (Å²) in [6.45, 7) is 2.97. The second-order valence-corrected chi connectivity index (χ2v) is 5.19. The molecular weight excluding hydrogens is 266 g/mol. The van der Waals surface area contributed by atoms with E-state index in [4.69, 9.17) is 0 Å². The van der Waals surface area contributed by atoms with Crippen molar-refractivity contribution in [2.75, 3.05) is 11.4 Å². The summed E-state index contributed by atoms with van der Waals surface area (Å²) >= 11 is 3.45. The van der Waals surface area contributed by atoms with E-state index in [1.54, 1.807) is 0 Å². The SMILES string of the molecule is CCc1ccccc1N1CCCC(Br)C1=O. The molecule has 1 aliphatic heterocycles. The molecule has 1 atom stereocenters. The first-order valence-corrected chi connectivity index (χ1v) is 6.69. The predicted octanol–water partition coefficient (Wildman–Crippen LogP) is 3.14. The molecule has 0 bridgehead atoms. The standard InChI is InChI=1S/C13H16BrNO/c1-2-10-6-3-4-8-12(10)15-9-5-7-11(14)13(15)16/h3-4,6,8,11H,2,5,7,9H2,1H3. The van der Waals surface area contributed by atoms with Gasteiger partial charge in [-0.05, 0) is 30.9 Å². The largest absolute Gasteiger partial charge is 0.311 e. The average Bonchev–Trinajstić information content (AvgIpc) is 2.33. The monoisotopic (exact) mass is 281 g/mol. The minimum atomic E-state index is -0.00818. The van der Waals surface area contributed by atoms with Crippen molar-refractivity contribution in [2.24, 2.45) is 0 Å². The van der Waals surface area contributed by atoms with Gasteiger partial charge in [-0.3, -0.25) is 4.79 Å². The van der Waals surface area contributed by atoms with Gasteiger partial charge < -0.3 is 4.90 Å². The molecule has 1 aromatic carbocycles. The lowest BCUT2D eigenvalue weighted by Gasteiger charge is -2.31. The van der Waals surface area contributed by atoms with Gasteiger partial charge in [0.25, 0.3) is 0 Å². The van der Waals surface area contributed by atoms with Crippen molar-refractivity contribution in [2.45, 2.75) is 31.0 Å². The molecule has 0 aromatic heterocycles. The first-order chi connectivity index (χ1) is 7.74. The highest BCUT2D eigenvalue weighted by molar-refractivity contribution is 9.10. The summed E-state index contributed by atoms with van der Waals surface area (Å²) in [7, 11) is 0. The predicted molar refractivity (Wildman–Crippen MR) is 70.1 cm³/mol. The zero-order chi connectivity index (χ0) is 11.5. The van der Waals surface area contributed by atoms with E-state index < -0.39 is 0 Å². The second kappa shape index (κ2) is 5.00. The number of nitrogens with zero attached hydrogens (tertiary/aromatic N) is 1. The number of alkyl halides is 1. The van der Waals surface area contributed by atoms with Crippen molar-refractivity contribution in [3.63, 3.8) is 0 Å². The van der Waals surface area contributed by atoms with E-state index in [9.17, 15) is 4.79 Å². The number of aryl methyl sites for hydroxylation is 1. The highest BCUT2D eigenvalue weighted by Crippen LogP contribution is 2.27. The third-order valence-corrected chi connectivity index (χ3v) is 3.89. The second-order valence-electron chi connectivity index (χ2n) is 4.08. The van der Waals surface area contributed by atoms with Crippen molar-refractivity contribution in [3.05, 3.63) is 29.8 Å². The maximum atomic E-state index is 12.1. The molecule has 1 saturated heterocycles.